The molecule has 2 heterocycles. The quantitative estimate of drug-likeness (QED) is 0.377. The zero-order valence-corrected chi connectivity index (χ0v) is 18.2. The Hall–Kier alpha value is -3.71. The highest BCUT2D eigenvalue weighted by molar-refractivity contribution is 7.89. The predicted octanol–water partition coefficient (Wildman–Crippen LogP) is 5.29. The van der Waals surface area contributed by atoms with Gasteiger partial charge in [0.2, 0.25) is 10.0 Å². The number of nitrogens with zero attached hydrogens (tertiary/aromatic N) is 3. The molecule has 13 heteroatoms. The fourth-order valence-electron chi connectivity index (χ4n) is 3.22. The number of aromatic nitrogens is 3. The number of nitrogens with two attached hydrogens (primary N) is 1. The second-order valence-corrected chi connectivity index (χ2v) is 8.97. The average Bonchev–Trinajstić information content (AvgIpc) is 3.28. The molecule has 0 saturated carbocycles. The molecule has 6 nitrogen and oxygen atoms in total. The Labute approximate surface area is 194 Å². The van der Waals surface area contributed by atoms with Crippen molar-refractivity contribution >= 4 is 10.0 Å². The summed E-state index contributed by atoms with van der Waals surface area (Å²) < 4.78 is 104. The maximum atomic E-state index is 13.6. The molecule has 0 fully saturated rings. The van der Waals surface area contributed by atoms with Crippen LogP contribution in [0.5, 0.6) is 0 Å². The van der Waals surface area contributed by atoms with Gasteiger partial charge in [-0.3, -0.25) is 4.57 Å². The van der Waals surface area contributed by atoms with Crippen molar-refractivity contribution in [3.63, 3.8) is 0 Å². The molecule has 4 aromatic rings. The van der Waals surface area contributed by atoms with Crippen molar-refractivity contribution in [1.29, 1.82) is 0 Å². The summed E-state index contributed by atoms with van der Waals surface area (Å²) in [7, 11) is -3.99. The van der Waals surface area contributed by atoms with Crippen molar-refractivity contribution in [3.8, 4) is 28.3 Å². The van der Waals surface area contributed by atoms with Gasteiger partial charge in [0.15, 0.2) is 0 Å². The first-order valence-electron chi connectivity index (χ1n) is 9.66. The molecule has 0 unspecified atom stereocenters. The molecule has 0 saturated heterocycles. The Bertz CT molecular complexity index is 1490. The number of hydrogen-bond donors (Lipinski definition) is 1. The molecule has 0 aliphatic rings. The van der Waals surface area contributed by atoms with E-state index < -0.39 is 33.5 Å². The third-order valence-corrected chi connectivity index (χ3v) is 5.86. The molecule has 0 atom stereocenters. The highest BCUT2D eigenvalue weighted by Gasteiger charge is 2.33. The van der Waals surface area contributed by atoms with Gasteiger partial charge < -0.3 is 0 Å². The van der Waals surface area contributed by atoms with Crippen molar-refractivity contribution in [1.82, 2.24) is 14.5 Å². The summed E-state index contributed by atoms with van der Waals surface area (Å²) in [5, 5.41) is 5.13. The molecule has 0 aliphatic heterocycles. The fraction of sp³-hybridized carbons (Fsp3) is 0.0909. The summed E-state index contributed by atoms with van der Waals surface area (Å²) in [5.74, 6) is -0.198. The molecule has 0 amide bonds. The van der Waals surface area contributed by atoms with Crippen LogP contribution >= 0.6 is 0 Å². The van der Waals surface area contributed by atoms with Gasteiger partial charge in [-0.1, -0.05) is 24.3 Å². The van der Waals surface area contributed by atoms with Crippen LogP contribution in [0, 0.1) is 0 Å². The molecule has 0 radical (unpaired) electrons. The van der Waals surface area contributed by atoms with Gasteiger partial charge >= 0.3 is 12.4 Å². The Morgan fingerprint density at radius 3 is 2.03 bits per heavy atom. The minimum Gasteiger partial charge on any atom is -0.290 e. The second kappa shape index (κ2) is 8.50. The third-order valence-electron chi connectivity index (χ3n) is 4.95. The SMILES string of the molecule is NS(=O)(=O)c1cccc(-c2cn(-c3cc(C(F)(F)F)cc(-c4ccc(C(F)(F)F)cc4)n3)cn2)c1. The van der Waals surface area contributed by atoms with Crippen LogP contribution in [0.4, 0.5) is 26.3 Å². The predicted molar refractivity (Wildman–Crippen MR) is 114 cm³/mol. The summed E-state index contributed by atoms with van der Waals surface area (Å²) in [6.07, 6.45) is -6.84. The largest absolute Gasteiger partial charge is 0.416 e. The van der Waals surface area contributed by atoms with Gasteiger partial charge in [-0.2, -0.15) is 26.3 Å². The molecule has 0 aliphatic carbocycles. The van der Waals surface area contributed by atoms with E-state index in [0.29, 0.717) is 5.56 Å². The van der Waals surface area contributed by atoms with Crippen LogP contribution in [0.2, 0.25) is 0 Å². The zero-order chi connectivity index (χ0) is 25.6. The van der Waals surface area contributed by atoms with E-state index >= 15 is 0 Å². The Morgan fingerprint density at radius 2 is 1.43 bits per heavy atom. The van der Waals surface area contributed by atoms with Crippen LogP contribution in [0.1, 0.15) is 11.1 Å². The maximum Gasteiger partial charge on any atom is 0.416 e. The first kappa shape index (κ1) is 24.4. The monoisotopic (exact) mass is 512 g/mol. The number of primary sulfonamides is 1. The minimum absolute atomic E-state index is 0.0477. The summed E-state index contributed by atoms with van der Waals surface area (Å²) in [5.41, 5.74) is -1.60. The van der Waals surface area contributed by atoms with Crippen LogP contribution < -0.4 is 5.14 Å². The molecule has 4 rings (SSSR count). The van der Waals surface area contributed by atoms with E-state index in [1.807, 2.05) is 0 Å². The van der Waals surface area contributed by atoms with Crippen molar-refractivity contribution in [2.45, 2.75) is 17.2 Å². The Kier molecular flexibility index (Phi) is 5.93. The van der Waals surface area contributed by atoms with Crippen molar-refractivity contribution < 1.29 is 34.8 Å². The fourth-order valence-corrected chi connectivity index (χ4v) is 3.78. The van der Waals surface area contributed by atoms with Crippen LogP contribution in [0.25, 0.3) is 28.3 Å². The van der Waals surface area contributed by atoms with Gasteiger partial charge in [0.1, 0.15) is 12.1 Å². The van der Waals surface area contributed by atoms with Gasteiger partial charge in [0.05, 0.1) is 27.4 Å². The number of pyridine rings is 1. The van der Waals surface area contributed by atoms with Crippen LogP contribution in [0.15, 0.2) is 78.1 Å². The standard InChI is InChI=1S/C22H14F6N4O2S/c23-21(24,25)15-6-4-13(5-7-15)18-9-16(22(26,27)28)10-20(31-18)32-11-19(30-12-32)14-2-1-3-17(8-14)35(29,33)34/h1-12H,(H2,29,33,34). The first-order chi connectivity index (χ1) is 16.2. The van der Waals surface area contributed by atoms with E-state index in [1.54, 1.807) is 0 Å². The van der Waals surface area contributed by atoms with Crippen molar-refractivity contribution in [2.24, 2.45) is 5.14 Å². The van der Waals surface area contributed by atoms with Crippen molar-refractivity contribution in [3.05, 3.63) is 84.3 Å². The minimum atomic E-state index is -4.76. The summed E-state index contributed by atoms with van der Waals surface area (Å²) >= 11 is 0. The molecule has 35 heavy (non-hydrogen) atoms. The van der Waals surface area contributed by atoms with E-state index in [1.165, 1.54) is 41.4 Å². The van der Waals surface area contributed by atoms with Gasteiger partial charge in [-0.05, 0) is 36.4 Å². The molecular formula is C22H14F6N4O2S. The van der Waals surface area contributed by atoms with Gasteiger partial charge in [-0.25, -0.2) is 23.5 Å². The number of benzene rings is 2. The lowest BCUT2D eigenvalue weighted by molar-refractivity contribution is -0.138. The summed E-state index contributed by atoms with van der Waals surface area (Å²) in [4.78, 5) is 8.09. The van der Waals surface area contributed by atoms with E-state index in [2.05, 4.69) is 9.97 Å². The van der Waals surface area contributed by atoms with Gasteiger partial charge in [0.25, 0.3) is 0 Å². The molecule has 2 aromatic heterocycles. The van der Waals surface area contributed by atoms with Crippen molar-refractivity contribution in [2.75, 3.05) is 0 Å². The molecule has 0 bridgehead atoms. The summed E-state index contributed by atoms with van der Waals surface area (Å²) in [6.45, 7) is 0. The molecule has 2 aromatic carbocycles. The van der Waals surface area contributed by atoms with Gasteiger partial charge in [-0.15, -0.1) is 0 Å². The number of alkyl halides is 6. The lowest BCUT2D eigenvalue weighted by Gasteiger charge is -2.13. The lowest BCUT2D eigenvalue weighted by atomic mass is 10.1. The topological polar surface area (TPSA) is 90.9 Å². The first-order valence-corrected chi connectivity index (χ1v) is 11.2. The van der Waals surface area contributed by atoms with E-state index in [4.69, 9.17) is 5.14 Å². The number of halogens is 6. The molecule has 0 spiro atoms. The van der Waals surface area contributed by atoms with Crippen LogP contribution in [-0.4, -0.2) is 23.0 Å². The summed E-state index contributed by atoms with van der Waals surface area (Å²) in [6, 6.07) is 10.6. The van der Waals surface area contributed by atoms with E-state index in [-0.39, 0.29) is 27.7 Å². The highest BCUT2D eigenvalue weighted by atomic mass is 32.2. The maximum absolute atomic E-state index is 13.6. The number of hydrogen-bond acceptors (Lipinski definition) is 4. The second-order valence-electron chi connectivity index (χ2n) is 7.41. The smallest absolute Gasteiger partial charge is 0.290 e. The average molecular weight is 512 g/mol. The zero-order valence-electron chi connectivity index (χ0n) is 17.3. The Morgan fingerprint density at radius 1 is 0.771 bits per heavy atom. The van der Waals surface area contributed by atoms with E-state index in [9.17, 15) is 34.8 Å². The van der Waals surface area contributed by atoms with Crippen LogP contribution in [0.3, 0.4) is 0 Å². The van der Waals surface area contributed by atoms with E-state index in [0.717, 1.165) is 36.4 Å². The highest BCUT2D eigenvalue weighted by Crippen LogP contribution is 2.35. The van der Waals surface area contributed by atoms with Crippen LogP contribution in [-0.2, 0) is 22.4 Å². The molecule has 2 N–H and O–H groups in total. The molecular weight excluding hydrogens is 498 g/mol. The number of imidazole rings is 1. The molecule has 182 valence electrons. The Balaban J connectivity index is 1.78. The third kappa shape index (κ3) is 5.35. The lowest BCUT2D eigenvalue weighted by Crippen LogP contribution is -2.11. The van der Waals surface area contributed by atoms with Gasteiger partial charge in [0, 0.05) is 17.3 Å². The number of rotatable bonds is 4. The normalized spacial score (nSPS) is 12.7. The number of sulfonamides is 1.